The first-order chi connectivity index (χ1) is 7.58. The maximum atomic E-state index is 10.5. The van der Waals surface area contributed by atoms with Gasteiger partial charge in [0.15, 0.2) is 0 Å². The molecule has 0 fully saturated rings. The molecule has 4 nitrogen and oxygen atoms in total. The van der Waals surface area contributed by atoms with Crippen LogP contribution in [0.1, 0.15) is 18.0 Å². The highest BCUT2D eigenvalue weighted by Gasteiger charge is 2.12. The summed E-state index contributed by atoms with van der Waals surface area (Å²) in [5, 5.41) is 8.66. The molecule has 0 radical (unpaired) electrons. The fourth-order valence-electron chi connectivity index (χ4n) is 1.39. The van der Waals surface area contributed by atoms with Crippen LogP contribution in [0.2, 0.25) is 0 Å². The third-order valence-electron chi connectivity index (χ3n) is 2.23. The van der Waals surface area contributed by atoms with Crippen LogP contribution in [0.5, 0.6) is 5.75 Å². The van der Waals surface area contributed by atoms with Gasteiger partial charge in [-0.3, -0.25) is 4.79 Å². The first-order valence-electron chi connectivity index (χ1n) is 4.77. The molecule has 0 saturated carbocycles. The fourth-order valence-corrected chi connectivity index (χ4v) is 1.94. The molecule has 5 heteroatoms. The molecule has 0 saturated heterocycles. The summed E-state index contributed by atoms with van der Waals surface area (Å²) in [7, 11) is 1.58. The van der Waals surface area contributed by atoms with Crippen LogP contribution in [-0.4, -0.2) is 24.4 Å². The van der Waals surface area contributed by atoms with E-state index in [-0.39, 0.29) is 6.42 Å². The highest BCUT2D eigenvalue weighted by Crippen LogP contribution is 2.30. The lowest BCUT2D eigenvalue weighted by molar-refractivity contribution is -0.137. The van der Waals surface area contributed by atoms with Crippen LogP contribution in [0, 0.1) is 0 Å². The minimum Gasteiger partial charge on any atom is -0.496 e. The lowest BCUT2D eigenvalue weighted by atomic mass is 10.0. The van der Waals surface area contributed by atoms with Crippen LogP contribution in [0.15, 0.2) is 23.1 Å². The SMILES string of the molecule is COc1cc(C(N)CC(=O)O)ccc1SC. The molecule has 16 heavy (non-hydrogen) atoms. The maximum Gasteiger partial charge on any atom is 0.305 e. The van der Waals surface area contributed by atoms with Crippen molar-refractivity contribution < 1.29 is 14.6 Å². The zero-order valence-electron chi connectivity index (χ0n) is 9.27. The number of methoxy groups -OCH3 is 1. The second-order valence-electron chi connectivity index (χ2n) is 3.32. The average molecular weight is 241 g/mol. The number of hydrogen-bond donors (Lipinski definition) is 2. The van der Waals surface area contributed by atoms with Crippen LogP contribution < -0.4 is 10.5 Å². The Bertz CT molecular complexity index is 381. The van der Waals surface area contributed by atoms with Gasteiger partial charge >= 0.3 is 5.97 Å². The Kier molecular flexibility index (Phi) is 4.64. The molecular weight excluding hydrogens is 226 g/mol. The molecule has 0 aromatic heterocycles. The van der Waals surface area contributed by atoms with Gasteiger partial charge in [0.05, 0.1) is 13.5 Å². The second-order valence-corrected chi connectivity index (χ2v) is 4.17. The summed E-state index contributed by atoms with van der Waals surface area (Å²) >= 11 is 1.57. The Balaban J connectivity index is 2.93. The first-order valence-corrected chi connectivity index (χ1v) is 6.00. The Morgan fingerprint density at radius 2 is 2.31 bits per heavy atom. The van der Waals surface area contributed by atoms with Gasteiger partial charge in [0, 0.05) is 10.9 Å². The molecule has 0 aliphatic carbocycles. The van der Waals surface area contributed by atoms with E-state index in [0.29, 0.717) is 0 Å². The van der Waals surface area contributed by atoms with Crippen molar-refractivity contribution in [3.8, 4) is 5.75 Å². The van der Waals surface area contributed by atoms with E-state index in [9.17, 15) is 4.79 Å². The van der Waals surface area contributed by atoms with E-state index in [4.69, 9.17) is 15.6 Å². The Hall–Kier alpha value is -1.20. The largest absolute Gasteiger partial charge is 0.496 e. The summed E-state index contributed by atoms with van der Waals surface area (Å²) in [5.41, 5.74) is 6.54. The predicted octanol–water partition coefficient (Wildman–Crippen LogP) is 1.89. The minimum absolute atomic E-state index is 0.0816. The average Bonchev–Trinajstić information content (AvgIpc) is 2.27. The Morgan fingerprint density at radius 1 is 1.62 bits per heavy atom. The highest BCUT2D eigenvalue weighted by atomic mass is 32.2. The lowest BCUT2D eigenvalue weighted by Crippen LogP contribution is -2.15. The molecule has 0 amide bonds. The maximum absolute atomic E-state index is 10.5. The monoisotopic (exact) mass is 241 g/mol. The Labute approximate surface area is 98.8 Å². The van der Waals surface area contributed by atoms with E-state index in [2.05, 4.69) is 0 Å². The third-order valence-corrected chi connectivity index (χ3v) is 3.01. The normalized spacial score (nSPS) is 12.2. The van der Waals surface area contributed by atoms with Crippen LogP contribution in [-0.2, 0) is 4.79 Å². The van der Waals surface area contributed by atoms with E-state index in [1.54, 1.807) is 24.9 Å². The first kappa shape index (κ1) is 12.9. The number of aliphatic carboxylic acids is 1. The van der Waals surface area contributed by atoms with Crippen molar-refractivity contribution in [1.82, 2.24) is 0 Å². The lowest BCUT2D eigenvalue weighted by Gasteiger charge is -2.13. The van der Waals surface area contributed by atoms with Crippen LogP contribution in [0.25, 0.3) is 0 Å². The summed E-state index contributed by atoms with van der Waals surface area (Å²) in [6, 6.07) is 5.02. The van der Waals surface area contributed by atoms with Crippen LogP contribution in [0.3, 0.4) is 0 Å². The molecule has 0 bridgehead atoms. The predicted molar refractivity (Wildman–Crippen MR) is 64.0 cm³/mol. The van der Waals surface area contributed by atoms with Crippen molar-refractivity contribution in [3.05, 3.63) is 23.8 Å². The number of carboxylic acids is 1. The molecule has 1 atom stereocenters. The summed E-state index contributed by atoms with van der Waals surface area (Å²) in [6.45, 7) is 0. The number of benzene rings is 1. The van der Waals surface area contributed by atoms with Gasteiger partial charge in [-0.15, -0.1) is 11.8 Å². The van der Waals surface area contributed by atoms with Crippen LogP contribution in [0.4, 0.5) is 0 Å². The number of nitrogens with two attached hydrogens (primary N) is 1. The summed E-state index contributed by atoms with van der Waals surface area (Å²) in [6.07, 6.45) is 1.87. The number of ether oxygens (including phenoxy) is 1. The van der Waals surface area contributed by atoms with Crippen molar-refractivity contribution in [2.45, 2.75) is 17.4 Å². The topological polar surface area (TPSA) is 72.5 Å². The van der Waals surface area contributed by atoms with Crippen molar-refractivity contribution in [2.75, 3.05) is 13.4 Å². The third kappa shape index (κ3) is 3.15. The summed E-state index contributed by atoms with van der Waals surface area (Å²) in [5.74, 6) is -0.175. The fraction of sp³-hybridized carbons (Fsp3) is 0.364. The van der Waals surface area contributed by atoms with Crippen LogP contribution >= 0.6 is 11.8 Å². The number of carbonyl (C=O) groups is 1. The van der Waals surface area contributed by atoms with E-state index in [1.165, 1.54) is 0 Å². The van der Waals surface area contributed by atoms with Crippen molar-refractivity contribution in [1.29, 1.82) is 0 Å². The molecule has 1 unspecified atom stereocenters. The molecule has 88 valence electrons. The van der Waals surface area contributed by atoms with Crippen molar-refractivity contribution >= 4 is 17.7 Å². The quantitative estimate of drug-likeness (QED) is 0.770. The van der Waals surface area contributed by atoms with Gasteiger partial charge in [0.2, 0.25) is 0 Å². The van der Waals surface area contributed by atoms with Gasteiger partial charge in [0.25, 0.3) is 0 Å². The Morgan fingerprint density at radius 3 is 2.81 bits per heavy atom. The minimum atomic E-state index is -0.902. The molecule has 3 N–H and O–H groups in total. The van der Waals surface area contributed by atoms with Crippen molar-refractivity contribution in [2.24, 2.45) is 5.73 Å². The zero-order valence-corrected chi connectivity index (χ0v) is 10.1. The van der Waals surface area contributed by atoms with Gasteiger partial charge in [-0.1, -0.05) is 6.07 Å². The van der Waals surface area contributed by atoms with Gasteiger partial charge in [-0.2, -0.15) is 0 Å². The van der Waals surface area contributed by atoms with E-state index >= 15 is 0 Å². The number of rotatable bonds is 5. The highest BCUT2D eigenvalue weighted by molar-refractivity contribution is 7.98. The zero-order chi connectivity index (χ0) is 12.1. The van der Waals surface area contributed by atoms with Crippen molar-refractivity contribution in [3.63, 3.8) is 0 Å². The number of thioether (sulfide) groups is 1. The van der Waals surface area contributed by atoms with Gasteiger partial charge in [-0.25, -0.2) is 0 Å². The molecule has 1 rings (SSSR count). The molecule has 0 spiro atoms. The van der Waals surface area contributed by atoms with Gasteiger partial charge in [0.1, 0.15) is 5.75 Å². The second kappa shape index (κ2) is 5.77. The summed E-state index contributed by atoms with van der Waals surface area (Å²) < 4.78 is 5.21. The molecule has 0 heterocycles. The standard InChI is InChI=1S/C11H15NO3S/c1-15-9-5-7(3-4-10(9)16-2)8(12)6-11(13)14/h3-5,8H,6,12H2,1-2H3,(H,13,14). The summed E-state index contributed by atoms with van der Waals surface area (Å²) in [4.78, 5) is 11.6. The van der Waals surface area contributed by atoms with E-state index < -0.39 is 12.0 Å². The van der Waals surface area contributed by atoms with Gasteiger partial charge < -0.3 is 15.6 Å². The molecular formula is C11H15NO3S. The molecule has 0 aliphatic rings. The van der Waals surface area contributed by atoms with E-state index in [0.717, 1.165) is 16.2 Å². The molecule has 0 aliphatic heterocycles. The van der Waals surface area contributed by atoms with Gasteiger partial charge in [-0.05, 0) is 24.0 Å². The van der Waals surface area contributed by atoms with E-state index in [1.807, 2.05) is 18.4 Å². The molecule has 1 aromatic carbocycles. The number of hydrogen-bond acceptors (Lipinski definition) is 4. The number of carboxylic acid groups (broad SMARTS) is 1. The molecule has 1 aromatic rings. The smallest absolute Gasteiger partial charge is 0.305 e.